The van der Waals surface area contributed by atoms with Crippen LogP contribution in [-0.2, 0) is 10.8 Å². The van der Waals surface area contributed by atoms with Crippen LogP contribution in [0.3, 0.4) is 0 Å². The fraction of sp³-hybridized carbons (Fsp3) is 0.0492. The number of benzene rings is 23. The van der Waals surface area contributed by atoms with E-state index in [4.69, 9.17) is 8.83 Å². The highest BCUT2D eigenvalue weighted by molar-refractivity contribution is 6.31. The van der Waals surface area contributed by atoms with Crippen LogP contribution in [0.2, 0.25) is 0 Å². The SMILES string of the molecule is CC1(C)c2ccc(-c3ccc4oc5ccc(-c6c7ccccc7c(-c7cc8ccc9ccccc9c8c8ccccc78)c7ccccc67)cc5c4c3)cc2-c2c1ccc1ccccc21.CC1(C)c2ccc(-c3ccc4oc5ccc(-c6c7ccccc7c(-c7cc8ccccc8c8ccccc78)c7ccccc67)cc5c4c3)cc2-c2c1ccc1ccccc21. The number of hydrogen-bond donors (Lipinski definition) is 0. The van der Waals surface area contributed by atoms with Crippen molar-refractivity contribution in [2.45, 2.75) is 38.5 Å². The molecule has 2 heterocycles. The summed E-state index contributed by atoms with van der Waals surface area (Å²) in [5, 5.41) is 32.4. The van der Waals surface area contributed by atoms with Crippen LogP contribution in [0.4, 0.5) is 0 Å². The number of fused-ring (bicyclic) bond motifs is 28. The highest BCUT2D eigenvalue weighted by Crippen LogP contribution is 2.57. The van der Waals surface area contributed by atoms with Gasteiger partial charge in [0, 0.05) is 32.4 Å². The molecule has 0 saturated carbocycles. The van der Waals surface area contributed by atoms with Gasteiger partial charge in [-0.25, -0.2) is 0 Å². The Bertz CT molecular complexity index is 8890. The zero-order chi connectivity index (χ0) is 82.0. The summed E-state index contributed by atoms with van der Waals surface area (Å²) >= 11 is 0. The van der Waals surface area contributed by atoms with E-state index in [2.05, 4.69) is 428 Å². The van der Waals surface area contributed by atoms with Crippen LogP contribution in [0, 0.1) is 0 Å². The van der Waals surface area contributed by atoms with Crippen molar-refractivity contribution in [2.24, 2.45) is 0 Å². The molecule has 0 fully saturated rings. The molecule has 2 nitrogen and oxygen atoms in total. The van der Waals surface area contributed by atoms with E-state index in [-0.39, 0.29) is 10.8 Å². The van der Waals surface area contributed by atoms with Crippen molar-refractivity contribution in [3.63, 3.8) is 0 Å². The molecular weight excluding hydrogens is 1500 g/mol. The second kappa shape index (κ2) is 26.5. The quantitative estimate of drug-likeness (QED) is 0.123. The summed E-state index contributed by atoms with van der Waals surface area (Å²) in [5.41, 5.74) is 29.1. The Balaban J connectivity index is 0.000000133. The van der Waals surface area contributed by atoms with E-state index in [0.717, 1.165) is 43.9 Å². The standard InChI is InChI=1S/C63H40O.C59H38O/c1-63(2)55-29-26-39(34-54(55)62-44-16-6-4-14-38(44)25-30-56(62)63)40-27-31-57-51(33-40)52-35-42(28-32-58(52)64-57)60-47-19-9-11-21-49(47)61(50-22-12-10-20-48(50)60)53-36-41-24-23-37-13-3-5-15-43(37)59(41)46-18-8-7-17-45(46)53;1-59(2)52-27-24-36(32-51(52)58-41-16-6-3-13-35(41)23-28-53(58)59)37-25-29-54-48(31-37)49-34-39(26-30-55(49)60-54)56-44-19-9-11-21-46(44)57(47-22-12-10-20-45(47)56)50-33-38-14-4-5-15-40(38)42-17-7-8-18-43(42)50/h3-36H,1-2H3;3-34H,1-2H3. The zero-order valence-electron chi connectivity index (χ0n) is 68.9. The lowest BCUT2D eigenvalue weighted by Crippen LogP contribution is -2.14. The van der Waals surface area contributed by atoms with Gasteiger partial charge in [-0.05, 0) is 303 Å². The fourth-order valence-electron chi connectivity index (χ4n) is 22.4. The van der Waals surface area contributed by atoms with E-state index in [1.807, 2.05) is 0 Å². The summed E-state index contributed by atoms with van der Waals surface area (Å²) < 4.78 is 13.1. The minimum atomic E-state index is -0.0700. The minimum absolute atomic E-state index is 0.0653. The summed E-state index contributed by atoms with van der Waals surface area (Å²) in [6.07, 6.45) is 0. The lowest BCUT2D eigenvalue weighted by atomic mass is 9.82. The summed E-state index contributed by atoms with van der Waals surface area (Å²) in [7, 11) is 0. The van der Waals surface area contributed by atoms with Gasteiger partial charge >= 0.3 is 0 Å². The summed E-state index contributed by atoms with van der Waals surface area (Å²) in [5.74, 6) is 0. The van der Waals surface area contributed by atoms with E-state index < -0.39 is 0 Å². The maximum Gasteiger partial charge on any atom is 0.135 e. The molecule has 0 spiro atoms. The monoisotopic (exact) mass is 1570 g/mol. The molecule has 0 atom stereocenters. The van der Waals surface area contributed by atoms with Crippen LogP contribution in [0.5, 0.6) is 0 Å². The van der Waals surface area contributed by atoms with Gasteiger partial charge in [-0.3, -0.25) is 0 Å². The van der Waals surface area contributed by atoms with Crippen molar-refractivity contribution in [1.82, 2.24) is 0 Å². The molecule has 2 aliphatic carbocycles. The van der Waals surface area contributed by atoms with Crippen molar-refractivity contribution in [3.8, 4) is 89.0 Å². The second-order valence-corrected chi connectivity index (χ2v) is 35.5. The second-order valence-electron chi connectivity index (χ2n) is 35.5. The molecule has 2 aliphatic rings. The predicted molar refractivity (Wildman–Crippen MR) is 528 cm³/mol. The molecule has 27 rings (SSSR count). The van der Waals surface area contributed by atoms with Crippen molar-refractivity contribution < 1.29 is 8.83 Å². The maximum absolute atomic E-state index is 6.58. The molecule has 2 heteroatoms. The van der Waals surface area contributed by atoms with Crippen LogP contribution in [0.1, 0.15) is 49.9 Å². The van der Waals surface area contributed by atoms with Crippen molar-refractivity contribution >= 4 is 162 Å². The Morgan fingerprint density at radius 2 is 0.427 bits per heavy atom. The topological polar surface area (TPSA) is 26.3 Å². The van der Waals surface area contributed by atoms with Gasteiger partial charge in [-0.15, -0.1) is 0 Å². The Hall–Kier alpha value is -15.5. The number of furan rings is 2. The molecule has 0 bridgehead atoms. The molecule has 0 saturated heterocycles. The molecular formula is C122H78O2. The minimum Gasteiger partial charge on any atom is -0.456 e. The molecule has 2 aromatic heterocycles. The van der Waals surface area contributed by atoms with Gasteiger partial charge in [0.25, 0.3) is 0 Å². The van der Waals surface area contributed by atoms with Crippen LogP contribution in [0.25, 0.3) is 251 Å². The summed E-state index contributed by atoms with van der Waals surface area (Å²) in [4.78, 5) is 0. The molecule has 0 radical (unpaired) electrons. The first-order valence-electron chi connectivity index (χ1n) is 43.4. The van der Waals surface area contributed by atoms with E-state index in [1.165, 1.54) is 230 Å². The van der Waals surface area contributed by atoms with Crippen molar-refractivity contribution in [3.05, 3.63) is 423 Å². The third-order valence-corrected chi connectivity index (χ3v) is 28.2. The first-order valence-corrected chi connectivity index (χ1v) is 43.4. The van der Waals surface area contributed by atoms with Gasteiger partial charge in [0.15, 0.2) is 0 Å². The number of hydrogen-bond acceptors (Lipinski definition) is 2. The molecule has 0 N–H and O–H groups in total. The fourth-order valence-corrected chi connectivity index (χ4v) is 22.4. The largest absolute Gasteiger partial charge is 0.456 e. The highest BCUT2D eigenvalue weighted by Gasteiger charge is 2.39. The average Bonchev–Trinajstić information content (AvgIpc) is 0.932. The predicted octanol–water partition coefficient (Wildman–Crippen LogP) is 34.5. The molecule has 25 aromatic rings. The van der Waals surface area contributed by atoms with Crippen molar-refractivity contribution in [2.75, 3.05) is 0 Å². The third-order valence-electron chi connectivity index (χ3n) is 28.2. The molecule has 23 aromatic carbocycles. The first kappa shape index (κ1) is 70.4. The Morgan fingerprint density at radius 3 is 0.855 bits per heavy atom. The molecule has 578 valence electrons. The summed E-state index contributed by atoms with van der Waals surface area (Å²) in [6.45, 7) is 9.44. The van der Waals surface area contributed by atoms with E-state index in [1.54, 1.807) is 0 Å². The van der Waals surface area contributed by atoms with Gasteiger partial charge < -0.3 is 8.83 Å². The molecule has 0 amide bonds. The lowest BCUT2D eigenvalue weighted by Gasteiger charge is -2.21. The van der Waals surface area contributed by atoms with E-state index >= 15 is 0 Å². The summed E-state index contributed by atoms with van der Waals surface area (Å²) in [6, 6.07) is 149. The van der Waals surface area contributed by atoms with Crippen LogP contribution in [0.15, 0.2) is 409 Å². The maximum atomic E-state index is 6.58. The highest BCUT2D eigenvalue weighted by atomic mass is 16.3. The smallest absolute Gasteiger partial charge is 0.135 e. The molecule has 124 heavy (non-hydrogen) atoms. The van der Waals surface area contributed by atoms with Gasteiger partial charge in [-0.2, -0.15) is 0 Å². The molecule has 0 unspecified atom stereocenters. The van der Waals surface area contributed by atoms with Crippen LogP contribution < -0.4 is 0 Å². The van der Waals surface area contributed by atoms with Crippen LogP contribution in [-0.4, -0.2) is 0 Å². The van der Waals surface area contributed by atoms with Crippen LogP contribution >= 0.6 is 0 Å². The number of rotatable bonds is 6. The first-order chi connectivity index (χ1) is 61.0. The van der Waals surface area contributed by atoms with E-state index in [9.17, 15) is 0 Å². The van der Waals surface area contributed by atoms with Gasteiger partial charge in [0.05, 0.1) is 0 Å². The Morgan fingerprint density at radius 1 is 0.153 bits per heavy atom. The Labute approximate surface area is 716 Å². The third kappa shape index (κ3) is 10.3. The Kier molecular flexibility index (Phi) is 15.0. The van der Waals surface area contributed by atoms with Gasteiger partial charge in [0.2, 0.25) is 0 Å². The lowest BCUT2D eigenvalue weighted by molar-refractivity contribution is 0.661. The van der Waals surface area contributed by atoms with E-state index in [0.29, 0.717) is 0 Å². The van der Waals surface area contributed by atoms with Gasteiger partial charge in [0.1, 0.15) is 22.3 Å². The van der Waals surface area contributed by atoms with Gasteiger partial charge in [-0.1, -0.05) is 355 Å². The average molecular weight is 1580 g/mol. The van der Waals surface area contributed by atoms with Crippen molar-refractivity contribution in [1.29, 1.82) is 0 Å². The molecule has 0 aliphatic heterocycles. The normalized spacial score (nSPS) is 13.3. The zero-order valence-corrected chi connectivity index (χ0v) is 68.9.